The third kappa shape index (κ3) is 4.86. The van der Waals surface area contributed by atoms with Crippen LogP contribution in [0.15, 0.2) is 53.0 Å². The first-order chi connectivity index (χ1) is 9.13. The third-order valence-electron chi connectivity index (χ3n) is 2.60. The van der Waals surface area contributed by atoms with Gasteiger partial charge in [-0.1, -0.05) is 45.7 Å². The van der Waals surface area contributed by atoms with Gasteiger partial charge in [-0.05, 0) is 35.9 Å². The Morgan fingerprint density at radius 3 is 2.68 bits per heavy atom. The molecule has 1 N–H and O–H groups in total. The van der Waals surface area contributed by atoms with Gasteiger partial charge in [0.2, 0.25) is 0 Å². The summed E-state index contributed by atoms with van der Waals surface area (Å²) in [5.74, 6) is 0.667. The molecule has 0 radical (unpaired) electrons. The molecule has 2 nitrogen and oxygen atoms in total. The quantitative estimate of drug-likeness (QED) is 0.888. The number of rotatable bonds is 5. The van der Waals surface area contributed by atoms with E-state index >= 15 is 0 Å². The fourth-order valence-electron chi connectivity index (χ4n) is 1.74. The molecule has 4 heteroatoms. The molecule has 0 bridgehead atoms. The lowest BCUT2D eigenvalue weighted by atomic mass is 10.1. The van der Waals surface area contributed by atoms with Gasteiger partial charge in [0.15, 0.2) is 0 Å². The summed E-state index contributed by atoms with van der Waals surface area (Å²) in [5, 5.41) is 10.6. The highest BCUT2D eigenvalue weighted by Gasteiger charge is 2.07. The summed E-state index contributed by atoms with van der Waals surface area (Å²) in [7, 11) is 0. The maximum atomic E-state index is 9.95. The number of aliphatic hydroxyl groups is 1. The summed E-state index contributed by atoms with van der Waals surface area (Å²) < 4.78 is 6.51. The van der Waals surface area contributed by atoms with E-state index in [1.54, 1.807) is 12.1 Å². The van der Waals surface area contributed by atoms with Gasteiger partial charge in [0.25, 0.3) is 0 Å². The standard InChI is InChI=1S/C15H14BrClO2/c16-12-4-1-3-11(7-12)8-14(18)10-19-15-6-2-5-13(17)9-15/h1-7,9,14,18H,8,10H2. The van der Waals surface area contributed by atoms with E-state index in [1.165, 1.54) is 0 Å². The average Bonchev–Trinajstić information content (AvgIpc) is 2.36. The van der Waals surface area contributed by atoms with Gasteiger partial charge in [-0.3, -0.25) is 0 Å². The SMILES string of the molecule is OC(COc1cccc(Cl)c1)Cc1cccc(Br)c1. The van der Waals surface area contributed by atoms with Crippen LogP contribution in [0.5, 0.6) is 5.75 Å². The fraction of sp³-hybridized carbons (Fsp3) is 0.200. The van der Waals surface area contributed by atoms with Crippen molar-refractivity contribution < 1.29 is 9.84 Å². The Morgan fingerprint density at radius 2 is 1.95 bits per heavy atom. The first-order valence-corrected chi connectivity index (χ1v) is 7.11. The second-order valence-electron chi connectivity index (χ2n) is 4.26. The lowest BCUT2D eigenvalue weighted by Gasteiger charge is -2.12. The lowest BCUT2D eigenvalue weighted by molar-refractivity contribution is 0.108. The number of benzene rings is 2. The smallest absolute Gasteiger partial charge is 0.120 e. The minimum Gasteiger partial charge on any atom is -0.491 e. The van der Waals surface area contributed by atoms with Crippen LogP contribution in [0.1, 0.15) is 5.56 Å². The molecule has 0 spiro atoms. The van der Waals surface area contributed by atoms with Crippen LogP contribution in [0.25, 0.3) is 0 Å². The van der Waals surface area contributed by atoms with Gasteiger partial charge >= 0.3 is 0 Å². The van der Waals surface area contributed by atoms with Gasteiger partial charge in [0, 0.05) is 15.9 Å². The molecule has 0 aliphatic heterocycles. The van der Waals surface area contributed by atoms with Crippen LogP contribution < -0.4 is 4.74 Å². The van der Waals surface area contributed by atoms with Crippen LogP contribution in [-0.4, -0.2) is 17.8 Å². The van der Waals surface area contributed by atoms with Crippen molar-refractivity contribution in [1.82, 2.24) is 0 Å². The van der Waals surface area contributed by atoms with Crippen LogP contribution >= 0.6 is 27.5 Å². The Labute approximate surface area is 126 Å². The minimum atomic E-state index is -0.548. The molecule has 100 valence electrons. The molecular formula is C15H14BrClO2. The first-order valence-electron chi connectivity index (χ1n) is 5.94. The van der Waals surface area contributed by atoms with E-state index in [0.29, 0.717) is 17.2 Å². The van der Waals surface area contributed by atoms with Crippen molar-refractivity contribution in [2.45, 2.75) is 12.5 Å². The minimum absolute atomic E-state index is 0.243. The summed E-state index contributed by atoms with van der Waals surface area (Å²) >= 11 is 9.27. The predicted octanol–water partition coefficient (Wildman–Crippen LogP) is 4.08. The fourth-order valence-corrected chi connectivity index (χ4v) is 2.37. The number of ether oxygens (including phenoxy) is 1. The Bertz CT molecular complexity index is 545. The van der Waals surface area contributed by atoms with Gasteiger partial charge in [-0.15, -0.1) is 0 Å². The van der Waals surface area contributed by atoms with E-state index in [2.05, 4.69) is 15.9 Å². The summed E-state index contributed by atoms with van der Waals surface area (Å²) in [6.07, 6.45) is 0.00767. The Kier molecular flexibility index (Phi) is 5.25. The third-order valence-corrected chi connectivity index (χ3v) is 3.33. The summed E-state index contributed by atoms with van der Waals surface area (Å²) in [5.41, 5.74) is 1.07. The topological polar surface area (TPSA) is 29.5 Å². The highest BCUT2D eigenvalue weighted by Crippen LogP contribution is 2.18. The Morgan fingerprint density at radius 1 is 1.16 bits per heavy atom. The lowest BCUT2D eigenvalue weighted by Crippen LogP contribution is -2.20. The molecule has 2 aromatic carbocycles. The highest BCUT2D eigenvalue weighted by molar-refractivity contribution is 9.10. The maximum absolute atomic E-state index is 9.95. The van der Waals surface area contributed by atoms with Crippen molar-refractivity contribution in [3.05, 3.63) is 63.6 Å². The summed E-state index contributed by atoms with van der Waals surface area (Å²) in [6.45, 7) is 0.243. The molecule has 0 fully saturated rings. The molecule has 0 aliphatic rings. The Balaban J connectivity index is 1.86. The maximum Gasteiger partial charge on any atom is 0.120 e. The van der Waals surface area contributed by atoms with E-state index in [9.17, 15) is 5.11 Å². The zero-order chi connectivity index (χ0) is 13.7. The molecule has 2 rings (SSSR count). The van der Waals surface area contributed by atoms with Crippen molar-refractivity contribution in [3.8, 4) is 5.75 Å². The zero-order valence-corrected chi connectivity index (χ0v) is 12.6. The normalized spacial score (nSPS) is 12.2. The summed E-state index contributed by atoms with van der Waals surface area (Å²) in [6, 6.07) is 15.0. The van der Waals surface area contributed by atoms with Crippen molar-refractivity contribution in [2.24, 2.45) is 0 Å². The molecule has 19 heavy (non-hydrogen) atoms. The average molecular weight is 342 g/mol. The molecule has 0 aliphatic carbocycles. The van der Waals surface area contributed by atoms with Crippen molar-refractivity contribution >= 4 is 27.5 Å². The van der Waals surface area contributed by atoms with Gasteiger partial charge < -0.3 is 9.84 Å². The number of halogens is 2. The molecule has 0 heterocycles. The van der Waals surface area contributed by atoms with Crippen LogP contribution in [0.2, 0.25) is 5.02 Å². The monoisotopic (exact) mass is 340 g/mol. The zero-order valence-electron chi connectivity index (χ0n) is 10.2. The second-order valence-corrected chi connectivity index (χ2v) is 5.61. The van der Waals surface area contributed by atoms with Crippen LogP contribution in [0, 0.1) is 0 Å². The van der Waals surface area contributed by atoms with Gasteiger partial charge in [-0.25, -0.2) is 0 Å². The van der Waals surface area contributed by atoms with Crippen LogP contribution in [0.3, 0.4) is 0 Å². The molecule has 0 saturated heterocycles. The van der Waals surface area contributed by atoms with Crippen LogP contribution in [0.4, 0.5) is 0 Å². The first kappa shape index (κ1) is 14.4. The van der Waals surface area contributed by atoms with E-state index in [4.69, 9.17) is 16.3 Å². The second kappa shape index (κ2) is 6.94. The van der Waals surface area contributed by atoms with Crippen molar-refractivity contribution in [2.75, 3.05) is 6.61 Å². The predicted molar refractivity (Wildman–Crippen MR) is 80.8 cm³/mol. The molecule has 1 unspecified atom stereocenters. The number of aliphatic hydroxyl groups excluding tert-OH is 1. The van der Waals surface area contributed by atoms with Gasteiger partial charge in [-0.2, -0.15) is 0 Å². The molecule has 0 aromatic heterocycles. The molecule has 1 atom stereocenters. The molecule has 0 amide bonds. The van der Waals surface area contributed by atoms with Crippen molar-refractivity contribution in [1.29, 1.82) is 0 Å². The number of hydrogen-bond acceptors (Lipinski definition) is 2. The molecule has 2 aromatic rings. The number of hydrogen-bond donors (Lipinski definition) is 1. The van der Waals surface area contributed by atoms with E-state index in [1.807, 2.05) is 36.4 Å². The highest BCUT2D eigenvalue weighted by atomic mass is 79.9. The van der Waals surface area contributed by atoms with Crippen molar-refractivity contribution in [3.63, 3.8) is 0 Å². The molecular weight excluding hydrogens is 328 g/mol. The Hall–Kier alpha value is -1.03. The van der Waals surface area contributed by atoms with Gasteiger partial charge in [0.1, 0.15) is 12.4 Å². The summed E-state index contributed by atoms with van der Waals surface area (Å²) in [4.78, 5) is 0. The van der Waals surface area contributed by atoms with Gasteiger partial charge in [0.05, 0.1) is 6.10 Å². The van der Waals surface area contributed by atoms with E-state index in [0.717, 1.165) is 10.0 Å². The molecule has 0 saturated carbocycles. The van der Waals surface area contributed by atoms with E-state index in [-0.39, 0.29) is 6.61 Å². The van der Waals surface area contributed by atoms with Crippen LogP contribution in [-0.2, 0) is 6.42 Å². The van der Waals surface area contributed by atoms with E-state index < -0.39 is 6.10 Å². The largest absolute Gasteiger partial charge is 0.491 e.